The summed E-state index contributed by atoms with van der Waals surface area (Å²) in [5, 5.41) is 3.54. The SMILES string of the molecule is COC[C@H](N[C@@H]1C[C@H](C)N(c2ccccc2)C1=O)C1CC1. The van der Waals surface area contributed by atoms with Crippen molar-refractivity contribution in [2.75, 3.05) is 18.6 Å². The minimum absolute atomic E-state index is 0.0824. The number of nitrogens with zero attached hydrogens (tertiary/aromatic N) is 1. The van der Waals surface area contributed by atoms with Crippen LogP contribution >= 0.6 is 0 Å². The summed E-state index contributed by atoms with van der Waals surface area (Å²) in [4.78, 5) is 14.6. The lowest BCUT2D eigenvalue weighted by atomic mass is 10.1. The van der Waals surface area contributed by atoms with Crippen molar-refractivity contribution < 1.29 is 9.53 Å². The molecule has 1 heterocycles. The van der Waals surface area contributed by atoms with Gasteiger partial charge >= 0.3 is 0 Å². The fourth-order valence-corrected chi connectivity index (χ4v) is 3.30. The van der Waals surface area contributed by atoms with Crippen LogP contribution in [0.3, 0.4) is 0 Å². The van der Waals surface area contributed by atoms with Gasteiger partial charge < -0.3 is 15.0 Å². The molecule has 1 saturated heterocycles. The number of amides is 1. The molecule has 4 nitrogen and oxygen atoms in total. The number of methoxy groups -OCH3 is 1. The van der Waals surface area contributed by atoms with E-state index in [0.717, 1.165) is 12.1 Å². The van der Waals surface area contributed by atoms with E-state index in [9.17, 15) is 4.79 Å². The Balaban J connectivity index is 1.69. The molecular formula is C17H24N2O2. The molecule has 3 atom stereocenters. The van der Waals surface area contributed by atoms with E-state index in [-0.39, 0.29) is 18.0 Å². The maximum absolute atomic E-state index is 12.7. The molecule has 1 aromatic rings. The summed E-state index contributed by atoms with van der Waals surface area (Å²) in [5.41, 5.74) is 0.994. The first kappa shape index (κ1) is 14.5. The standard InChI is InChI=1S/C17H24N2O2/c1-12-10-15(18-16(11-21-2)13-8-9-13)17(20)19(12)14-6-4-3-5-7-14/h3-7,12-13,15-16,18H,8-11H2,1-2H3/t12-,15+,16-/m0/s1. The van der Waals surface area contributed by atoms with Crippen molar-refractivity contribution in [2.24, 2.45) is 5.92 Å². The molecular weight excluding hydrogens is 264 g/mol. The van der Waals surface area contributed by atoms with Gasteiger partial charge in [0.05, 0.1) is 12.6 Å². The Morgan fingerprint density at radius 3 is 2.67 bits per heavy atom. The van der Waals surface area contributed by atoms with E-state index in [4.69, 9.17) is 4.74 Å². The molecule has 1 N–H and O–H groups in total. The van der Waals surface area contributed by atoms with Crippen LogP contribution in [0.1, 0.15) is 26.2 Å². The summed E-state index contributed by atoms with van der Waals surface area (Å²) >= 11 is 0. The van der Waals surface area contributed by atoms with E-state index in [1.54, 1.807) is 7.11 Å². The lowest BCUT2D eigenvalue weighted by Gasteiger charge is -2.23. The lowest BCUT2D eigenvalue weighted by molar-refractivity contribution is -0.119. The van der Waals surface area contributed by atoms with Crippen molar-refractivity contribution in [2.45, 2.75) is 44.3 Å². The van der Waals surface area contributed by atoms with Gasteiger partial charge in [-0.15, -0.1) is 0 Å². The second kappa shape index (κ2) is 6.16. The van der Waals surface area contributed by atoms with E-state index in [1.165, 1.54) is 12.8 Å². The minimum Gasteiger partial charge on any atom is -0.383 e. The van der Waals surface area contributed by atoms with E-state index >= 15 is 0 Å². The van der Waals surface area contributed by atoms with Gasteiger partial charge in [0.1, 0.15) is 0 Å². The first-order valence-electron chi connectivity index (χ1n) is 7.84. The number of hydrogen-bond acceptors (Lipinski definition) is 3. The van der Waals surface area contributed by atoms with Crippen LogP contribution in [-0.4, -0.2) is 37.7 Å². The largest absolute Gasteiger partial charge is 0.383 e. The number of nitrogens with one attached hydrogen (secondary N) is 1. The van der Waals surface area contributed by atoms with Gasteiger partial charge in [-0.1, -0.05) is 18.2 Å². The van der Waals surface area contributed by atoms with Crippen LogP contribution in [-0.2, 0) is 9.53 Å². The Labute approximate surface area is 126 Å². The third-order valence-corrected chi connectivity index (χ3v) is 4.54. The zero-order valence-electron chi connectivity index (χ0n) is 12.8. The zero-order valence-corrected chi connectivity index (χ0v) is 12.8. The summed E-state index contributed by atoms with van der Waals surface area (Å²) in [6.07, 6.45) is 3.36. The number of anilines is 1. The summed E-state index contributed by atoms with van der Waals surface area (Å²) in [6, 6.07) is 10.4. The maximum Gasteiger partial charge on any atom is 0.244 e. The van der Waals surface area contributed by atoms with Gasteiger partial charge in [0.25, 0.3) is 0 Å². The summed E-state index contributed by atoms with van der Waals surface area (Å²) in [7, 11) is 1.73. The van der Waals surface area contributed by atoms with Gasteiger partial charge in [0.15, 0.2) is 0 Å². The number of benzene rings is 1. The van der Waals surface area contributed by atoms with Gasteiger partial charge in [-0.05, 0) is 44.2 Å². The van der Waals surface area contributed by atoms with Crippen LogP contribution in [0.25, 0.3) is 0 Å². The molecule has 0 radical (unpaired) electrons. The highest BCUT2D eigenvalue weighted by Gasteiger charge is 2.41. The molecule has 0 spiro atoms. The molecule has 1 aliphatic carbocycles. The van der Waals surface area contributed by atoms with Crippen LogP contribution in [0, 0.1) is 5.92 Å². The number of para-hydroxylation sites is 1. The monoisotopic (exact) mass is 288 g/mol. The van der Waals surface area contributed by atoms with Gasteiger partial charge in [-0.2, -0.15) is 0 Å². The molecule has 1 aliphatic heterocycles. The number of rotatable bonds is 6. The fourth-order valence-electron chi connectivity index (χ4n) is 3.30. The fraction of sp³-hybridized carbons (Fsp3) is 0.588. The van der Waals surface area contributed by atoms with Crippen LogP contribution in [0.5, 0.6) is 0 Å². The summed E-state index contributed by atoms with van der Waals surface area (Å²) in [6.45, 7) is 2.81. The molecule has 2 aliphatic rings. The average molecular weight is 288 g/mol. The Hall–Kier alpha value is -1.39. The Bertz CT molecular complexity index is 487. The quantitative estimate of drug-likeness (QED) is 0.872. The number of ether oxygens (including phenoxy) is 1. The molecule has 21 heavy (non-hydrogen) atoms. The number of carbonyl (C=O) groups is 1. The number of carbonyl (C=O) groups excluding carboxylic acids is 1. The normalized spacial score (nSPS) is 27.1. The van der Waals surface area contributed by atoms with Crippen molar-refractivity contribution in [1.29, 1.82) is 0 Å². The van der Waals surface area contributed by atoms with Crippen LogP contribution in [0.15, 0.2) is 30.3 Å². The van der Waals surface area contributed by atoms with Crippen LogP contribution < -0.4 is 10.2 Å². The zero-order chi connectivity index (χ0) is 14.8. The van der Waals surface area contributed by atoms with Crippen LogP contribution in [0.4, 0.5) is 5.69 Å². The van der Waals surface area contributed by atoms with Gasteiger partial charge in [0, 0.05) is 24.9 Å². The molecule has 4 heteroatoms. The van der Waals surface area contributed by atoms with Gasteiger partial charge in [-0.25, -0.2) is 0 Å². The minimum atomic E-state index is -0.0824. The third kappa shape index (κ3) is 3.11. The lowest BCUT2D eigenvalue weighted by Crippen LogP contribution is -2.46. The Morgan fingerprint density at radius 2 is 2.05 bits per heavy atom. The molecule has 1 aromatic carbocycles. The maximum atomic E-state index is 12.7. The molecule has 1 saturated carbocycles. The highest BCUT2D eigenvalue weighted by molar-refractivity contribution is 6.00. The van der Waals surface area contributed by atoms with E-state index in [1.807, 2.05) is 35.2 Å². The summed E-state index contributed by atoms with van der Waals surface area (Å²) < 4.78 is 5.30. The predicted molar refractivity (Wildman–Crippen MR) is 83.3 cm³/mol. The Morgan fingerprint density at radius 1 is 1.33 bits per heavy atom. The van der Waals surface area contributed by atoms with Crippen molar-refractivity contribution in [3.8, 4) is 0 Å². The first-order valence-corrected chi connectivity index (χ1v) is 7.84. The molecule has 114 valence electrons. The Kier molecular flexibility index (Phi) is 4.27. The predicted octanol–water partition coefficient (Wildman–Crippen LogP) is 2.20. The first-order chi connectivity index (χ1) is 10.2. The second-order valence-electron chi connectivity index (χ2n) is 6.25. The second-order valence-corrected chi connectivity index (χ2v) is 6.25. The van der Waals surface area contributed by atoms with Gasteiger partial charge in [-0.3, -0.25) is 4.79 Å². The highest BCUT2D eigenvalue weighted by Crippen LogP contribution is 2.34. The third-order valence-electron chi connectivity index (χ3n) is 4.54. The molecule has 0 bridgehead atoms. The van der Waals surface area contributed by atoms with E-state index in [2.05, 4.69) is 12.2 Å². The van der Waals surface area contributed by atoms with E-state index in [0.29, 0.717) is 18.6 Å². The molecule has 2 fully saturated rings. The molecule has 0 unspecified atom stereocenters. The highest BCUT2D eigenvalue weighted by atomic mass is 16.5. The van der Waals surface area contributed by atoms with Crippen molar-refractivity contribution in [1.82, 2.24) is 5.32 Å². The smallest absolute Gasteiger partial charge is 0.244 e. The van der Waals surface area contributed by atoms with Crippen molar-refractivity contribution >= 4 is 11.6 Å². The van der Waals surface area contributed by atoms with E-state index < -0.39 is 0 Å². The molecule has 0 aromatic heterocycles. The van der Waals surface area contributed by atoms with Crippen LogP contribution in [0.2, 0.25) is 0 Å². The molecule has 3 rings (SSSR count). The summed E-state index contributed by atoms with van der Waals surface area (Å²) in [5.74, 6) is 0.870. The van der Waals surface area contributed by atoms with Crippen molar-refractivity contribution in [3.05, 3.63) is 30.3 Å². The topological polar surface area (TPSA) is 41.6 Å². The average Bonchev–Trinajstić information content (AvgIpc) is 3.28. The molecule has 1 amide bonds. The van der Waals surface area contributed by atoms with Gasteiger partial charge in [0.2, 0.25) is 5.91 Å². The van der Waals surface area contributed by atoms with Crippen molar-refractivity contribution in [3.63, 3.8) is 0 Å². The number of hydrogen-bond donors (Lipinski definition) is 1.